The van der Waals surface area contributed by atoms with E-state index >= 15 is 0 Å². The third kappa shape index (κ3) is 6.65. The minimum atomic E-state index is -5.01. The third-order valence-corrected chi connectivity index (χ3v) is 7.56. The highest BCUT2D eigenvalue weighted by molar-refractivity contribution is 8.26. The number of carboxylic acids is 1. The van der Waals surface area contributed by atoms with Gasteiger partial charge in [-0.15, -0.1) is 0 Å². The van der Waals surface area contributed by atoms with Gasteiger partial charge in [-0.3, -0.25) is 14.6 Å². The topological polar surface area (TPSA) is 94.2 Å². The Hall–Kier alpha value is -2.88. The average molecular weight is 595 g/mol. The molecule has 1 aromatic heterocycles. The van der Waals surface area contributed by atoms with Crippen molar-refractivity contribution < 1.29 is 50.6 Å². The molecular formula is C24H20F6N2O5S2. The van der Waals surface area contributed by atoms with Crippen LogP contribution in [0.3, 0.4) is 0 Å². The van der Waals surface area contributed by atoms with Crippen molar-refractivity contribution in [3.05, 3.63) is 52.1 Å². The van der Waals surface area contributed by atoms with Gasteiger partial charge in [0.1, 0.15) is 15.8 Å². The van der Waals surface area contributed by atoms with Gasteiger partial charge in [0, 0.05) is 37.3 Å². The lowest BCUT2D eigenvalue weighted by Gasteiger charge is -2.36. The Kier molecular flexibility index (Phi) is 8.17. The fourth-order valence-electron chi connectivity index (χ4n) is 4.29. The normalized spacial score (nSPS) is 19.8. The van der Waals surface area contributed by atoms with E-state index in [1.165, 1.54) is 23.1 Å². The number of carbonyl (C=O) groups is 2. The standard InChI is InChI=1S/C24H20F6N2O5S2/c25-23(26,27)13-7-12(8-14(9-13)24(28,29)30)18-2-1-16(37-18)10-19-20(34)32(22(38)39-19)15-3-5-31(6-4-15)11-17(33)21(35)36/h1-2,7-10,15,17,33H,3-6,11H2,(H,35,36). The summed E-state index contributed by atoms with van der Waals surface area (Å²) < 4.78 is 85.0. The molecule has 0 aliphatic carbocycles. The van der Waals surface area contributed by atoms with Crippen molar-refractivity contribution in [2.45, 2.75) is 37.3 Å². The van der Waals surface area contributed by atoms with Crippen LogP contribution in [0.5, 0.6) is 0 Å². The third-order valence-electron chi connectivity index (χ3n) is 6.23. The van der Waals surface area contributed by atoms with Crippen LogP contribution in [0.25, 0.3) is 17.4 Å². The summed E-state index contributed by atoms with van der Waals surface area (Å²) in [6.07, 6.45) is -9.26. The Labute approximate surface area is 227 Å². The van der Waals surface area contributed by atoms with Crippen LogP contribution in [-0.4, -0.2) is 68.0 Å². The molecule has 4 rings (SSSR count). The highest BCUT2D eigenvalue weighted by Crippen LogP contribution is 2.40. The Morgan fingerprint density at radius 2 is 1.69 bits per heavy atom. The zero-order chi connectivity index (χ0) is 28.7. The first-order valence-corrected chi connectivity index (χ1v) is 12.7. The van der Waals surface area contributed by atoms with E-state index in [1.54, 1.807) is 4.90 Å². The molecule has 0 saturated carbocycles. The van der Waals surface area contributed by atoms with Crippen LogP contribution < -0.4 is 0 Å². The first-order chi connectivity index (χ1) is 18.1. The second-order valence-corrected chi connectivity index (χ2v) is 10.6. The zero-order valence-corrected chi connectivity index (χ0v) is 21.4. The number of alkyl halides is 6. The maximum Gasteiger partial charge on any atom is 0.416 e. The summed E-state index contributed by atoms with van der Waals surface area (Å²) in [4.78, 5) is 27.3. The number of β-amino-alcohol motifs (C(OH)–C–C–N with tert-alkyl or cyclic N) is 1. The van der Waals surface area contributed by atoms with Gasteiger partial charge in [0.25, 0.3) is 5.91 Å². The molecule has 0 spiro atoms. The van der Waals surface area contributed by atoms with Gasteiger partial charge >= 0.3 is 18.3 Å². The van der Waals surface area contributed by atoms with Crippen LogP contribution in [0.2, 0.25) is 0 Å². The molecule has 1 aromatic carbocycles. The van der Waals surface area contributed by atoms with Crippen LogP contribution in [-0.2, 0) is 21.9 Å². The molecule has 0 bridgehead atoms. The smallest absolute Gasteiger partial charge is 0.416 e. The number of carbonyl (C=O) groups excluding carboxylic acids is 1. The summed E-state index contributed by atoms with van der Waals surface area (Å²) in [6.45, 7) is 0.824. The molecule has 7 nitrogen and oxygen atoms in total. The van der Waals surface area contributed by atoms with Crippen LogP contribution in [0.15, 0.2) is 39.7 Å². The van der Waals surface area contributed by atoms with Crippen molar-refractivity contribution in [3.8, 4) is 11.3 Å². The number of rotatable bonds is 6. The molecule has 2 aromatic rings. The second kappa shape index (κ2) is 10.9. The number of halogens is 6. The number of benzene rings is 1. The quantitative estimate of drug-likeness (QED) is 0.271. The van der Waals surface area contributed by atoms with Gasteiger partial charge in [0.05, 0.1) is 16.0 Å². The largest absolute Gasteiger partial charge is 0.479 e. The molecule has 1 amide bonds. The van der Waals surface area contributed by atoms with E-state index in [9.17, 15) is 41.0 Å². The number of amides is 1. The summed E-state index contributed by atoms with van der Waals surface area (Å²) in [5.41, 5.74) is -3.38. The maximum absolute atomic E-state index is 13.2. The van der Waals surface area contributed by atoms with Gasteiger partial charge in [-0.05, 0) is 43.2 Å². The average Bonchev–Trinajstić information content (AvgIpc) is 3.42. The first-order valence-electron chi connectivity index (χ1n) is 11.4. The highest BCUT2D eigenvalue weighted by atomic mass is 32.2. The fourth-order valence-corrected chi connectivity index (χ4v) is 5.67. The SMILES string of the molecule is O=C(O)C(O)CN1CCC(N2C(=O)C(=Cc3ccc(-c4cc(C(F)(F)F)cc(C(F)(F)F)c4)o3)SC2=S)CC1. The summed E-state index contributed by atoms with van der Waals surface area (Å²) in [5.74, 6) is -1.96. The minimum Gasteiger partial charge on any atom is -0.479 e. The van der Waals surface area contributed by atoms with Crippen LogP contribution in [0.1, 0.15) is 29.7 Å². The summed E-state index contributed by atoms with van der Waals surface area (Å²) in [6, 6.07) is 3.40. The van der Waals surface area contributed by atoms with Crippen molar-refractivity contribution in [3.63, 3.8) is 0 Å². The molecule has 2 N–H and O–H groups in total. The van der Waals surface area contributed by atoms with E-state index in [0.717, 1.165) is 11.8 Å². The summed E-state index contributed by atoms with van der Waals surface area (Å²) in [7, 11) is 0. The van der Waals surface area contributed by atoms with E-state index in [0.29, 0.717) is 38.1 Å². The van der Waals surface area contributed by atoms with Crippen molar-refractivity contribution >= 4 is 46.3 Å². The van der Waals surface area contributed by atoms with Gasteiger partial charge < -0.3 is 14.6 Å². The summed E-state index contributed by atoms with van der Waals surface area (Å²) in [5, 5.41) is 18.4. The van der Waals surface area contributed by atoms with Gasteiger partial charge in [-0.25, -0.2) is 4.79 Å². The Balaban J connectivity index is 1.50. The number of nitrogens with zero attached hydrogens (tertiary/aromatic N) is 2. The molecule has 39 heavy (non-hydrogen) atoms. The van der Waals surface area contributed by atoms with Crippen LogP contribution in [0.4, 0.5) is 26.3 Å². The van der Waals surface area contributed by atoms with E-state index < -0.39 is 47.0 Å². The van der Waals surface area contributed by atoms with Crippen molar-refractivity contribution in [2.75, 3.05) is 19.6 Å². The monoisotopic (exact) mass is 594 g/mol. The second-order valence-electron chi connectivity index (χ2n) is 8.93. The van der Waals surface area contributed by atoms with Crippen molar-refractivity contribution in [1.82, 2.24) is 9.80 Å². The number of likely N-dealkylation sites (tertiary alicyclic amines) is 1. The fraction of sp³-hybridized carbons (Fsp3) is 0.375. The Morgan fingerprint density at radius 3 is 2.23 bits per heavy atom. The molecule has 3 heterocycles. The lowest BCUT2D eigenvalue weighted by Crippen LogP contribution is -2.48. The number of aliphatic hydroxyl groups is 1. The molecule has 1 atom stereocenters. The lowest BCUT2D eigenvalue weighted by atomic mass is 10.0. The van der Waals surface area contributed by atoms with Gasteiger partial charge in [-0.2, -0.15) is 26.3 Å². The molecule has 2 saturated heterocycles. The molecule has 2 fully saturated rings. The summed E-state index contributed by atoms with van der Waals surface area (Å²) >= 11 is 6.34. The number of hydrogen-bond donors (Lipinski definition) is 2. The van der Waals surface area contributed by atoms with Crippen LogP contribution >= 0.6 is 24.0 Å². The molecule has 15 heteroatoms. The number of aliphatic carboxylic acids is 1. The van der Waals surface area contributed by atoms with E-state index in [-0.39, 0.29) is 39.4 Å². The Morgan fingerprint density at radius 1 is 1.10 bits per heavy atom. The number of furan rings is 1. The molecule has 210 valence electrons. The van der Waals surface area contributed by atoms with Gasteiger partial charge in [0.2, 0.25) is 0 Å². The number of aliphatic hydroxyl groups excluding tert-OH is 1. The van der Waals surface area contributed by atoms with E-state index in [4.69, 9.17) is 21.7 Å². The number of piperidine rings is 1. The first kappa shape index (κ1) is 29.1. The maximum atomic E-state index is 13.2. The van der Waals surface area contributed by atoms with E-state index in [2.05, 4.69) is 0 Å². The number of carboxylic acid groups (broad SMARTS) is 1. The molecule has 1 unspecified atom stereocenters. The highest BCUT2D eigenvalue weighted by Gasteiger charge is 2.39. The molecule has 2 aliphatic heterocycles. The molecule has 2 aliphatic rings. The molecular weight excluding hydrogens is 574 g/mol. The zero-order valence-electron chi connectivity index (χ0n) is 19.8. The predicted octanol–water partition coefficient (Wildman–Crippen LogP) is 5.10. The van der Waals surface area contributed by atoms with E-state index in [1.807, 2.05) is 0 Å². The number of thioether (sulfide) groups is 1. The predicted molar refractivity (Wildman–Crippen MR) is 132 cm³/mol. The minimum absolute atomic E-state index is 0.0253. The number of hydrogen-bond acceptors (Lipinski definition) is 7. The Bertz CT molecular complexity index is 1280. The van der Waals surface area contributed by atoms with Crippen LogP contribution in [0, 0.1) is 0 Å². The van der Waals surface area contributed by atoms with Crippen molar-refractivity contribution in [2.24, 2.45) is 0 Å². The number of thiocarbonyl (C=S) groups is 1. The molecule has 0 radical (unpaired) electrons. The van der Waals surface area contributed by atoms with Gasteiger partial charge in [0.15, 0.2) is 6.10 Å². The van der Waals surface area contributed by atoms with Gasteiger partial charge in [-0.1, -0.05) is 24.0 Å². The lowest BCUT2D eigenvalue weighted by molar-refractivity contribution is -0.148. The van der Waals surface area contributed by atoms with Crippen molar-refractivity contribution in [1.29, 1.82) is 0 Å².